The average Bonchev–Trinajstić information content (AvgIpc) is 3.09. The first-order chi connectivity index (χ1) is 17.6. The Morgan fingerprint density at radius 1 is 0.946 bits per heavy atom. The maximum atomic E-state index is 13.2. The van der Waals surface area contributed by atoms with E-state index in [4.69, 9.17) is 16.3 Å². The van der Waals surface area contributed by atoms with E-state index < -0.39 is 11.8 Å². The molecule has 0 spiro atoms. The predicted octanol–water partition coefficient (Wildman–Crippen LogP) is 6.12. The van der Waals surface area contributed by atoms with Gasteiger partial charge in [0.15, 0.2) is 0 Å². The van der Waals surface area contributed by atoms with Crippen molar-refractivity contribution in [2.45, 2.75) is 33.6 Å². The number of halogens is 1. The van der Waals surface area contributed by atoms with Crippen LogP contribution in [0, 0.1) is 13.8 Å². The highest BCUT2D eigenvalue weighted by Crippen LogP contribution is 2.32. The lowest BCUT2D eigenvalue weighted by Crippen LogP contribution is -2.32. The molecule has 190 valence electrons. The number of carbonyl (C=O) groups is 3. The lowest BCUT2D eigenvalue weighted by atomic mass is 9.98. The van der Waals surface area contributed by atoms with Gasteiger partial charge in [0.25, 0.3) is 17.7 Å². The third kappa shape index (κ3) is 5.08. The van der Waals surface area contributed by atoms with Crippen LogP contribution >= 0.6 is 11.6 Å². The third-order valence-corrected chi connectivity index (χ3v) is 6.63. The summed E-state index contributed by atoms with van der Waals surface area (Å²) in [5.41, 5.74) is 4.78. The Morgan fingerprint density at radius 3 is 2.30 bits per heavy atom. The summed E-state index contributed by atoms with van der Waals surface area (Å²) in [4.78, 5) is 40.2. The second-order valence-electron chi connectivity index (χ2n) is 9.14. The largest absolute Gasteiger partial charge is 0.497 e. The van der Waals surface area contributed by atoms with Crippen LogP contribution in [0.25, 0.3) is 0 Å². The van der Waals surface area contributed by atoms with Gasteiger partial charge in [0.1, 0.15) is 16.5 Å². The molecule has 3 amide bonds. The molecular weight excluding hydrogens is 490 g/mol. The summed E-state index contributed by atoms with van der Waals surface area (Å²) >= 11 is 6.30. The van der Waals surface area contributed by atoms with Gasteiger partial charge in [0.05, 0.1) is 12.8 Å². The van der Waals surface area contributed by atoms with E-state index in [9.17, 15) is 14.4 Å². The van der Waals surface area contributed by atoms with Crippen molar-refractivity contribution in [1.29, 1.82) is 0 Å². The number of benzene rings is 3. The lowest BCUT2D eigenvalue weighted by Gasteiger charge is -2.18. The van der Waals surface area contributed by atoms with Crippen molar-refractivity contribution >= 4 is 46.4 Å². The molecule has 4 rings (SSSR count). The zero-order valence-corrected chi connectivity index (χ0v) is 22.1. The molecule has 0 aliphatic carbocycles. The fourth-order valence-electron chi connectivity index (χ4n) is 4.14. The zero-order chi connectivity index (χ0) is 26.9. The number of nitrogens with one attached hydrogen (secondary N) is 2. The fourth-order valence-corrected chi connectivity index (χ4v) is 4.35. The van der Waals surface area contributed by atoms with Crippen molar-refractivity contribution in [3.05, 3.63) is 93.6 Å². The lowest BCUT2D eigenvalue weighted by molar-refractivity contribution is -0.120. The highest BCUT2D eigenvalue weighted by atomic mass is 35.5. The number of amides is 3. The Morgan fingerprint density at radius 2 is 1.65 bits per heavy atom. The molecule has 1 aliphatic heterocycles. The van der Waals surface area contributed by atoms with Gasteiger partial charge < -0.3 is 15.4 Å². The standard InChI is InChI=1S/C29H28ClN3O4/c1-16(2)22-8-6-7-18(4)25(22)32-27(34)19-10-9-17(3)23(15-19)31-26-24(30)28(35)33(29(26)36)20-11-13-21(37-5)14-12-20/h6-16,31H,1-5H3,(H,32,34). The van der Waals surface area contributed by atoms with E-state index in [1.165, 1.54) is 7.11 Å². The summed E-state index contributed by atoms with van der Waals surface area (Å²) in [5.74, 6) is -0.674. The van der Waals surface area contributed by atoms with Crippen LogP contribution in [0.15, 0.2) is 71.4 Å². The molecule has 3 aromatic carbocycles. The third-order valence-electron chi connectivity index (χ3n) is 6.28. The zero-order valence-electron chi connectivity index (χ0n) is 21.3. The summed E-state index contributed by atoms with van der Waals surface area (Å²) in [6.07, 6.45) is 0. The van der Waals surface area contributed by atoms with Gasteiger partial charge in [-0.3, -0.25) is 14.4 Å². The fraction of sp³-hybridized carbons (Fsp3) is 0.207. The topological polar surface area (TPSA) is 87.7 Å². The molecule has 0 atom stereocenters. The van der Waals surface area contributed by atoms with E-state index in [0.29, 0.717) is 22.7 Å². The number of para-hydroxylation sites is 1. The minimum atomic E-state index is -0.633. The van der Waals surface area contributed by atoms with Gasteiger partial charge in [-0.15, -0.1) is 0 Å². The van der Waals surface area contributed by atoms with Crippen LogP contribution in [0.1, 0.15) is 46.8 Å². The normalized spacial score (nSPS) is 13.4. The van der Waals surface area contributed by atoms with Crippen molar-refractivity contribution in [1.82, 2.24) is 0 Å². The van der Waals surface area contributed by atoms with Gasteiger partial charge in [0, 0.05) is 16.9 Å². The molecule has 2 N–H and O–H groups in total. The molecule has 0 aromatic heterocycles. The highest BCUT2D eigenvalue weighted by Gasteiger charge is 2.39. The number of carbonyl (C=O) groups excluding carboxylic acids is 3. The molecule has 0 radical (unpaired) electrons. The number of rotatable bonds is 7. The van der Waals surface area contributed by atoms with Crippen molar-refractivity contribution in [3.8, 4) is 5.75 Å². The van der Waals surface area contributed by atoms with Gasteiger partial charge in [0.2, 0.25) is 0 Å². The van der Waals surface area contributed by atoms with Crippen molar-refractivity contribution in [3.63, 3.8) is 0 Å². The van der Waals surface area contributed by atoms with E-state index in [1.54, 1.807) is 42.5 Å². The molecule has 0 bridgehead atoms. The molecule has 3 aromatic rings. The molecule has 0 saturated carbocycles. The van der Waals surface area contributed by atoms with Crippen molar-refractivity contribution in [2.75, 3.05) is 22.6 Å². The number of imide groups is 1. The van der Waals surface area contributed by atoms with Crippen LogP contribution in [-0.4, -0.2) is 24.8 Å². The minimum absolute atomic E-state index is 0.0517. The molecule has 0 unspecified atom stereocenters. The monoisotopic (exact) mass is 517 g/mol. The first kappa shape index (κ1) is 26.0. The minimum Gasteiger partial charge on any atom is -0.497 e. The number of hydrogen-bond acceptors (Lipinski definition) is 5. The summed E-state index contributed by atoms with van der Waals surface area (Å²) in [6.45, 7) is 7.93. The highest BCUT2D eigenvalue weighted by molar-refractivity contribution is 6.53. The number of hydrogen-bond donors (Lipinski definition) is 2. The summed E-state index contributed by atoms with van der Waals surface area (Å²) in [7, 11) is 1.53. The molecule has 1 aliphatic rings. The first-order valence-electron chi connectivity index (χ1n) is 11.8. The second-order valence-corrected chi connectivity index (χ2v) is 9.51. The molecule has 8 heteroatoms. The van der Waals surface area contributed by atoms with Gasteiger partial charge in [-0.05, 0) is 72.9 Å². The molecule has 37 heavy (non-hydrogen) atoms. The first-order valence-corrected chi connectivity index (χ1v) is 12.2. The van der Waals surface area contributed by atoms with Crippen molar-refractivity contribution < 1.29 is 19.1 Å². The van der Waals surface area contributed by atoms with E-state index in [-0.39, 0.29) is 22.6 Å². The van der Waals surface area contributed by atoms with Gasteiger partial charge in [-0.25, -0.2) is 4.90 Å². The molecule has 0 saturated heterocycles. The SMILES string of the molecule is COc1ccc(N2C(=O)C(Cl)=C(Nc3cc(C(=O)Nc4c(C)cccc4C(C)C)ccc3C)C2=O)cc1. The average molecular weight is 518 g/mol. The predicted molar refractivity (Wildman–Crippen MR) is 146 cm³/mol. The van der Waals surface area contributed by atoms with E-state index >= 15 is 0 Å². The number of nitrogens with zero attached hydrogens (tertiary/aromatic N) is 1. The van der Waals surface area contributed by atoms with E-state index in [2.05, 4.69) is 24.5 Å². The Kier molecular flexibility index (Phi) is 7.36. The number of aryl methyl sites for hydroxylation is 2. The Balaban J connectivity index is 1.59. The van der Waals surface area contributed by atoms with Gasteiger partial charge >= 0.3 is 0 Å². The van der Waals surface area contributed by atoms with Crippen LogP contribution in [0.3, 0.4) is 0 Å². The Labute approximate surface area is 221 Å². The molecule has 0 fully saturated rings. The van der Waals surface area contributed by atoms with Crippen LogP contribution in [0.5, 0.6) is 5.75 Å². The smallest absolute Gasteiger partial charge is 0.283 e. The molecular formula is C29H28ClN3O4. The number of ether oxygens (including phenoxy) is 1. The van der Waals surface area contributed by atoms with E-state index in [0.717, 1.165) is 27.3 Å². The van der Waals surface area contributed by atoms with Crippen LogP contribution in [-0.2, 0) is 9.59 Å². The van der Waals surface area contributed by atoms with Crippen LogP contribution in [0.4, 0.5) is 17.1 Å². The van der Waals surface area contributed by atoms with Crippen LogP contribution < -0.4 is 20.3 Å². The Hall–Kier alpha value is -4.10. The maximum absolute atomic E-state index is 13.2. The number of methoxy groups -OCH3 is 1. The maximum Gasteiger partial charge on any atom is 0.283 e. The van der Waals surface area contributed by atoms with Crippen molar-refractivity contribution in [2.24, 2.45) is 0 Å². The molecule has 7 nitrogen and oxygen atoms in total. The Bertz CT molecular complexity index is 1430. The summed E-state index contributed by atoms with van der Waals surface area (Å²) in [5, 5.41) is 5.80. The van der Waals surface area contributed by atoms with E-state index in [1.807, 2.05) is 32.0 Å². The van der Waals surface area contributed by atoms with Gasteiger partial charge in [-0.2, -0.15) is 0 Å². The number of anilines is 3. The molecule has 1 heterocycles. The summed E-state index contributed by atoms with van der Waals surface area (Å²) < 4.78 is 5.14. The second kappa shape index (κ2) is 10.5. The van der Waals surface area contributed by atoms with Crippen LogP contribution in [0.2, 0.25) is 0 Å². The quantitative estimate of drug-likeness (QED) is 0.368. The van der Waals surface area contributed by atoms with Gasteiger partial charge in [-0.1, -0.05) is 49.7 Å². The summed E-state index contributed by atoms with van der Waals surface area (Å²) in [6, 6.07) is 17.6.